The van der Waals surface area contributed by atoms with Crippen LogP contribution in [0.1, 0.15) is 12.8 Å². The van der Waals surface area contributed by atoms with Crippen LogP contribution in [0.5, 0.6) is 0 Å². The van der Waals surface area contributed by atoms with E-state index in [1.165, 1.54) is 0 Å². The van der Waals surface area contributed by atoms with E-state index in [-0.39, 0.29) is 18.1 Å². The SMILES string of the molecule is O=C(O)C1C(C(=O)N2CCOCC2)[C@@H]2CC[C@H]1O2. The number of carbonyl (C=O) groups excluding carboxylic acids is 1. The summed E-state index contributed by atoms with van der Waals surface area (Å²) in [5.74, 6) is -2.15. The molecule has 0 radical (unpaired) electrons. The number of hydrogen-bond acceptors (Lipinski definition) is 4. The van der Waals surface area contributed by atoms with Gasteiger partial charge in [0.1, 0.15) is 0 Å². The summed E-state index contributed by atoms with van der Waals surface area (Å²) < 4.78 is 10.8. The number of amides is 1. The maximum atomic E-state index is 12.4. The Hall–Kier alpha value is -1.14. The Morgan fingerprint density at radius 1 is 1.06 bits per heavy atom. The molecule has 6 heteroatoms. The molecule has 0 spiro atoms. The molecule has 0 aromatic rings. The fourth-order valence-electron chi connectivity index (χ4n) is 3.30. The summed E-state index contributed by atoms with van der Waals surface area (Å²) >= 11 is 0. The highest BCUT2D eigenvalue weighted by molar-refractivity contribution is 5.86. The first-order valence-corrected chi connectivity index (χ1v) is 6.43. The number of hydrogen-bond donors (Lipinski definition) is 1. The van der Waals surface area contributed by atoms with Crippen molar-refractivity contribution < 1.29 is 24.2 Å². The number of aliphatic carboxylic acids is 1. The second-order valence-electron chi connectivity index (χ2n) is 5.12. The van der Waals surface area contributed by atoms with Crippen LogP contribution < -0.4 is 0 Å². The molecule has 100 valence electrons. The number of carbonyl (C=O) groups is 2. The van der Waals surface area contributed by atoms with Gasteiger partial charge >= 0.3 is 5.97 Å². The summed E-state index contributed by atoms with van der Waals surface area (Å²) in [4.78, 5) is 25.5. The number of carboxylic acids is 1. The van der Waals surface area contributed by atoms with Crippen LogP contribution >= 0.6 is 0 Å². The Balaban J connectivity index is 1.77. The van der Waals surface area contributed by atoms with Gasteiger partial charge in [-0.3, -0.25) is 9.59 Å². The van der Waals surface area contributed by atoms with Crippen LogP contribution in [-0.4, -0.2) is 60.4 Å². The molecule has 1 amide bonds. The molecule has 3 fully saturated rings. The van der Waals surface area contributed by atoms with E-state index in [0.29, 0.717) is 26.3 Å². The van der Waals surface area contributed by atoms with E-state index in [0.717, 1.165) is 12.8 Å². The maximum Gasteiger partial charge on any atom is 0.310 e. The van der Waals surface area contributed by atoms with Crippen LogP contribution in [0.25, 0.3) is 0 Å². The lowest BCUT2D eigenvalue weighted by Gasteiger charge is -2.32. The van der Waals surface area contributed by atoms with Gasteiger partial charge in [0.25, 0.3) is 0 Å². The van der Waals surface area contributed by atoms with Gasteiger partial charge in [0, 0.05) is 13.1 Å². The van der Waals surface area contributed by atoms with Gasteiger partial charge in [-0.1, -0.05) is 0 Å². The molecular weight excluding hydrogens is 238 g/mol. The van der Waals surface area contributed by atoms with Crippen molar-refractivity contribution >= 4 is 11.9 Å². The molecule has 2 unspecified atom stereocenters. The third kappa shape index (κ3) is 1.80. The molecule has 18 heavy (non-hydrogen) atoms. The highest BCUT2D eigenvalue weighted by Crippen LogP contribution is 2.44. The largest absolute Gasteiger partial charge is 0.481 e. The first-order chi connectivity index (χ1) is 8.68. The van der Waals surface area contributed by atoms with Gasteiger partial charge in [0.05, 0.1) is 37.3 Å². The fourth-order valence-corrected chi connectivity index (χ4v) is 3.30. The normalized spacial score (nSPS) is 39.0. The zero-order valence-electron chi connectivity index (χ0n) is 10.1. The summed E-state index contributed by atoms with van der Waals surface area (Å²) in [7, 11) is 0. The van der Waals surface area contributed by atoms with Crippen molar-refractivity contribution in [2.45, 2.75) is 25.0 Å². The number of carboxylic acid groups (broad SMARTS) is 1. The van der Waals surface area contributed by atoms with E-state index in [2.05, 4.69) is 0 Å². The highest BCUT2D eigenvalue weighted by atomic mass is 16.5. The lowest BCUT2D eigenvalue weighted by Crippen LogP contribution is -2.49. The van der Waals surface area contributed by atoms with Gasteiger partial charge in [0.2, 0.25) is 5.91 Å². The van der Waals surface area contributed by atoms with Crippen molar-refractivity contribution in [1.29, 1.82) is 0 Å². The van der Waals surface area contributed by atoms with Crippen LogP contribution in [0.15, 0.2) is 0 Å². The first-order valence-electron chi connectivity index (χ1n) is 6.43. The van der Waals surface area contributed by atoms with Crippen LogP contribution in [0.3, 0.4) is 0 Å². The van der Waals surface area contributed by atoms with E-state index in [1.54, 1.807) is 4.90 Å². The van der Waals surface area contributed by atoms with E-state index < -0.39 is 17.8 Å². The molecule has 0 aliphatic carbocycles. The van der Waals surface area contributed by atoms with Crippen LogP contribution in [0.2, 0.25) is 0 Å². The predicted molar refractivity (Wildman–Crippen MR) is 59.9 cm³/mol. The Bertz CT molecular complexity index is 365. The topological polar surface area (TPSA) is 76.1 Å². The van der Waals surface area contributed by atoms with Crippen LogP contribution in [0, 0.1) is 11.8 Å². The zero-order valence-corrected chi connectivity index (χ0v) is 10.1. The Labute approximate surface area is 105 Å². The maximum absolute atomic E-state index is 12.4. The Kier molecular flexibility index (Phi) is 2.99. The number of ether oxygens (including phenoxy) is 2. The van der Waals surface area contributed by atoms with Gasteiger partial charge in [-0.2, -0.15) is 0 Å². The Morgan fingerprint density at radius 3 is 2.28 bits per heavy atom. The van der Waals surface area contributed by atoms with Crippen LogP contribution in [0.4, 0.5) is 0 Å². The quantitative estimate of drug-likeness (QED) is 0.734. The van der Waals surface area contributed by atoms with Crippen molar-refractivity contribution in [1.82, 2.24) is 4.90 Å². The standard InChI is InChI=1S/C12H17NO5/c14-11(13-3-5-17-6-4-13)9-7-1-2-8(18-7)10(9)12(15)16/h7-10H,1-6H2,(H,15,16)/t7-,8+,9?,10?/m0/s1. The molecule has 0 aromatic heterocycles. The minimum absolute atomic E-state index is 0.0714. The summed E-state index contributed by atoms with van der Waals surface area (Å²) in [6.45, 7) is 2.18. The lowest BCUT2D eigenvalue weighted by atomic mass is 9.78. The summed E-state index contributed by atoms with van der Waals surface area (Å²) in [5.41, 5.74) is 0. The minimum atomic E-state index is -0.909. The van der Waals surface area contributed by atoms with Gasteiger partial charge in [0.15, 0.2) is 0 Å². The highest BCUT2D eigenvalue weighted by Gasteiger charge is 2.56. The average molecular weight is 255 g/mol. The fraction of sp³-hybridized carbons (Fsp3) is 0.833. The first kappa shape index (κ1) is 11.9. The monoisotopic (exact) mass is 255 g/mol. The Morgan fingerprint density at radius 2 is 1.67 bits per heavy atom. The molecule has 3 aliphatic rings. The van der Waals surface area contributed by atoms with Gasteiger partial charge in [-0.25, -0.2) is 0 Å². The lowest BCUT2D eigenvalue weighted by molar-refractivity contribution is -0.152. The smallest absolute Gasteiger partial charge is 0.310 e. The second-order valence-corrected chi connectivity index (χ2v) is 5.12. The second kappa shape index (κ2) is 4.51. The average Bonchev–Trinajstić information content (AvgIpc) is 2.99. The van der Waals surface area contributed by atoms with Crippen molar-refractivity contribution in [3.05, 3.63) is 0 Å². The minimum Gasteiger partial charge on any atom is -0.481 e. The molecule has 4 atom stereocenters. The molecule has 3 aliphatic heterocycles. The molecule has 2 bridgehead atoms. The number of fused-ring (bicyclic) bond motifs is 2. The van der Waals surface area contributed by atoms with Gasteiger partial charge in [-0.05, 0) is 12.8 Å². The molecule has 3 rings (SSSR count). The zero-order chi connectivity index (χ0) is 12.7. The van der Waals surface area contributed by atoms with E-state index in [9.17, 15) is 14.7 Å². The molecule has 6 nitrogen and oxygen atoms in total. The molecule has 3 saturated heterocycles. The molecule has 3 heterocycles. The van der Waals surface area contributed by atoms with E-state index in [4.69, 9.17) is 9.47 Å². The summed E-state index contributed by atoms with van der Waals surface area (Å²) in [6.07, 6.45) is 1.08. The van der Waals surface area contributed by atoms with Crippen molar-refractivity contribution in [3.8, 4) is 0 Å². The van der Waals surface area contributed by atoms with E-state index >= 15 is 0 Å². The van der Waals surface area contributed by atoms with Crippen molar-refractivity contribution in [2.24, 2.45) is 11.8 Å². The third-order valence-electron chi connectivity index (χ3n) is 4.17. The summed E-state index contributed by atoms with van der Waals surface area (Å²) in [5, 5.41) is 9.28. The van der Waals surface area contributed by atoms with Crippen molar-refractivity contribution in [2.75, 3.05) is 26.3 Å². The molecule has 1 N–H and O–H groups in total. The van der Waals surface area contributed by atoms with Crippen LogP contribution in [-0.2, 0) is 19.1 Å². The predicted octanol–water partition coefficient (Wildman–Crippen LogP) is -0.277. The number of morpholine rings is 1. The third-order valence-corrected chi connectivity index (χ3v) is 4.17. The molecule has 0 aromatic carbocycles. The van der Waals surface area contributed by atoms with E-state index in [1.807, 2.05) is 0 Å². The number of rotatable bonds is 2. The van der Waals surface area contributed by atoms with Gasteiger partial charge in [-0.15, -0.1) is 0 Å². The van der Waals surface area contributed by atoms with Crippen molar-refractivity contribution in [3.63, 3.8) is 0 Å². The number of nitrogens with zero attached hydrogens (tertiary/aromatic N) is 1. The molecule has 0 saturated carbocycles. The van der Waals surface area contributed by atoms with Gasteiger partial charge < -0.3 is 19.5 Å². The molecular formula is C12H17NO5. The summed E-state index contributed by atoms with van der Waals surface area (Å²) in [6, 6.07) is 0.